The van der Waals surface area contributed by atoms with E-state index in [1.807, 2.05) is 0 Å². The fraction of sp³-hybridized carbons (Fsp3) is 0.467. The third kappa shape index (κ3) is 3.40. The molecule has 2 rings (SSSR count). The van der Waals surface area contributed by atoms with E-state index in [0.29, 0.717) is 30.4 Å². The maximum Gasteiger partial charge on any atom is 0.243 e. The predicted molar refractivity (Wildman–Crippen MR) is 79.5 cm³/mol. The number of nitrogens with zero attached hydrogens (tertiary/aromatic N) is 1. The highest BCUT2D eigenvalue weighted by Crippen LogP contribution is 2.23. The van der Waals surface area contributed by atoms with Gasteiger partial charge in [0.1, 0.15) is 0 Å². The van der Waals surface area contributed by atoms with E-state index >= 15 is 0 Å². The van der Waals surface area contributed by atoms with Crippen LogP contribution in [-0.2, 0) is 10.0 Å². The second kappa shape index (κ2) is 6.40. The van der Waals surface area contributed by atoms with E-state index in [4.69, 9.17) is 5.73 Å². The molecule has 0 bridgehead atoms. The lowest BCUT2D eigenvalue weighted by Gasteiger charge is -2.29. The molecular formula is C15H20N2O2S. The molecule has 108 valence electrons. The highest BCUT2D eigenvalue weighted by atomic mass is 32.2. The Morgan fingerprint density at radius 3 is 2.40 bits per heavy atom. The first kappa shape index (κ1) is 15.0. The number of hydrogen-bond acceptors (Lipinski definition) is 3. The quantitative estimate of drug-likeness (QED) is 0.839. The summed E-state index contributed by atoms with van der Waals surface area (Å²) in [4.78, 5) is 0.338. The van der Waals surface area contributed by atoms with E-state index in [1.165, 1.54) is 0 Å². The number of benzene rings is 1. The normalized spacial score (nSPS) is 17.5. The molecule has 0 amide bonds. The van der Waals surface area contributed by atoms with E-state index in [-0.39, 0.29) is 0 Å². The topological polar surface area (TPSA) is 63.4 Å². The van der Waals surface area contributed by atoms with Gasteiger partial charge in [-0.3, -0.25) is 0 Å². The molecule has 1 aliphatic rings. The monoisotopic (exact) mass is 292 g/mol. The molecule has 2 N–H and O–H groups in total. The summed E-state index contributed by atoms with van der Waals surface area (Å²) in [6, 6.07) is 6.69. The second-order valence-corrected chi connectivity index (χ2v) is 7.05. The Hall–Kier alpha value is -1.35. The summed E-state index contributed by atoms with van der Waals surface area (Å²) in [6.07, 6.45) is 1.86. The van der Waals surface area contributed by atoms with Crippen LogP contribution >= 0.6 is 0 Å². The molecule has 0 unspecified atom stereocenters. The van der Waals surface area contributed by atoms with Gasteiger partial charge < -0.3 is 5.73 Å². The van der Waals surface area contributed by atoms with Crippen LogP contribution in [-0.4, -0.2) is 32.4 Å². The zero-order valence-electron chi connectivity index (χ0n) is 11.7. The molecule has 20 heavy (non-hydrogen) atoms. The largest absolute Gasteiger partial charge is 0.320 e. The van der Waals surface area contributed by atoms with Crippen LogP contribution in [0, 0.1) is 17.8 Å². The first-order valence-corrected chi connectivity index (χ1v) is 8.27. The van der Waals surface area contributed by atoms with Crippen LogP contribution in [0.4, 0.5) is 0 Å². The molecule has 1 aliphatic heterocycles. The molecule has 0 radical (unpaired) electrons. The molecule has 0 aromatic heterocycles. The third-order valence-corrected chi connectivity index (χ3v) is 5.48. The Bertz CT molecular complexity index is 604. The summed E-state index contributed by atoms with van der Waals surface area (Å²) in [5.74, 6) is 6.24. The lowest BCUT2D eigenvalue weighted by atomic mass is 10.0. The van der Waals surface area contributed by atoms with Crippen LogP contribution in [0.15, 0.2) is 29.2 Å². The molecule has 4 nitrogen and oxygen atoms in total. The summed E-state index contributed by atoms with van der Waals surface area (Å²) >= 11 is 0. The first-order chi connectivity index (χ1) is 9.54. The SMILES string of the molecule is CC1CCN(S(=O)(=O)c2ccc(C#CCN)cc2)CC1. The molecule has 0 atom stereocenters. The molecule has 1 fully saturated rings. The van der Waals surface area contributed by atoms with Gasteiger partial charge in [0.05, 0.1) is 11.4 Å². The van der Waals surface area contributed by atoms with Gasteiger partial charge in [0, 0.05) is 18.7 Å². The number of sulfonamides is 1. The standard InChI is InChI=1S/C15H20N2O2S/c1-13-8-11-17(12-9-13)20(18,19)15-6-4-14(5-7-15)3-2-10-16/h4-7,13H,8-12,16H2,1H3. The van der Waals surface area contributed by atoms with Crippen molar-refractivity contribution in [1.29, 1.82) is 0 Å². The number of piperidine rings is 1. The van der Waals surface area contributed by atoms with Crippen molar-refractivity contribution in [3.05, 3.63) is 29.8 Å². The average Bonchev–Trinajstić information content (AvgIpc) is 2.46. The Morgan fingerprint density at radius 2 is 1.85 bits per heavy atom. The van der Waals surface area contributed by atoms with Crippen LogP contribution in [0.25, 0.3) is 0 Å². The lowest BCUT2D eigenvalue weighted by molar-refractivity contribution is 0.288. The molecule has 1 heterocycles. The molecule has 0 spiro atoms. The molecule has 0 aliphatic carbocycles. The maximum absolute atomic E-state index is 12.5. The molecule has 1 saturated heterocycles. The average molecular weight is 292 g/mol. The number of rotatable bonds is 2. The molecule has 1 aromatic carbocycles. The Labute approximate surface area is 121 Å². The highest BCUT2D eigenvalue weighted by Gasteiger charge is 2.27. The van der Waals surface area contributed by atoms with Gasteiger partial charge >= 0.3 is 0 Å². The second-order valence-electron chi connectivity index (χ2n) is 5.12. The van der Waals surface area contributed by atoms with Crippen molar-refractivity contribution < 1.29 is 8.42 Å². The van der Waals surface area contributed by atoms with Gasteiger partial charge in [0.2, 0.25) is 10.0 Å². The lowest BCUT2D eigenvalue weighted by Crippen LogP contribution is -2.37. The van der Waals surface area contributed by atoms with E-state index in [2.05, 4.69) is 18.8 Å². The van der Waals surface area contributed by atoms with Crippen LogP contribution in [0.3, 0.4) is 0 Å². The van der Waals surface area contributed by atoms with E-state index in [0.717, 1.165) is 18.4 Å². The van der Waals surface area contributed by atoms with E-state index < -0.39 is 10.0 Å². The third-order valence-electron chi connectivity index (χ3n) is 3.57. The van der Waals surface area contributed by atoms with Crippen molar-refractivity contribution in [3.8, 4) is 11.8 Å². The minimum absolute atomic E-state index is 0.298. The van der Waals surface area contributed by atoms with Crippen molar-refractivity contribution in [2.24, 2.45) is 11.7 Å². The van der Waals surface area contributed by atoms with Gasteiger partial charge in [-0.25, -0.2) is 8.42 Å². The van der Waals surface area contributed by atoms with Crippen LogP contribution < -0.4 is 5.73 Å². The minimum atomic E-state index is -3.36. The summed E-state index contributed by atoms with van der Waals surface area (Å²) in [6.45, 7) is 3.68. The van der Waals surface area contributed by atoms with Gasteiger partial charge in [0.15, 0.2) is 0 Å². The summed E-state index contributed by atoms with van der Waals surface area (Å²) in [7, 11) is -3.36. The zero-order chi connectivity index (χ0) is 14.6. The predicted octanol–water partition coefficient (Wildman–Crippen LogP) is 1.42. The maximum atomic E-state index is 12.5. The Kier molecular flexibility index (Phi) is 4.81. The van der Waals surface area contributed by atoms with Crippen molar-refractivity contribution in [1.82, 2.24) is 4.31 Å². The van der Waals surface area contributed by atoms with Crippen molar-refractivity contribution >= 4 is 10.0 Å². The van der Waals surface area contributed by atoms with Gasteiger partial charge in [-0.1, -0.05) is 18.8 Å². The van der Waals surface area contributed by atoms with Gasteiger partial charge in [0.25, 0.3) is 0 Å². The van der Waals surface area contributed by atoms with Crippen molar-refractivity contribution in [2.45, 2.75) is 24.7 Å². The summed E-state index contributed by atoms with van der Waals surface area (Å²) in [5, 5.41) is 0. The minimum Gasteiger partial charge on any atom is -0.320 e. The fourth-order valence-electron chi connectivity index (χ4n) is 2.24. The fourth-order valence-corrected chi connectivity index (χ4v) is 3.71. The smallest absolute Gasteiger partial charge is 0.243 e. The van der Waals surface area contributed by atoms with Gasteiger partial charge in [-0.2, -0.15) is 4.31 Å². The number of nitrogens with two attached hydrogens (primary N) is 1. The summed E-state index contributed by atoms with van der Waals surface area (Å²) < 4.78 is 26.6. The van der Waals surface area contributed by atoms with E-state index in [1.54, 1.807) is 28.6 Å². The van der Waals surface area contributed by atoms with Gasteiger partial charge in [-0.15, -0.1) is 0 Å². The molecule has 1 aromatic rings. The summed E-state index contributed by atoms with van der Waals surface area (Å²) in [5.41, 5.74) is 6.09. The molecule has 5 heteroatoms. The van der Waals surface area contributed by atoms with Crippen LogP contribution in [0.5, 0.6) is 0 Å². The molecule has 0 saturated carbocycles. The van der Waals surface area contributed by atoms with Crippen LogP contribution in [0.2, 0.25) is 0 Å². The van der Waals surface area contributed by atoms with E-state index in [9.17, 15) is 8.42 Å². The number of hydrogen-bond donors (Lipinski definition) is 1. The first-order valence-electron chi connectivity index (χ1n) is 6.83. The Morgan fingerprint density at radius 1 is 1.25 bits per heavy atom. The highest BCUT2D eigenvalue weighted by molar-refractivity contribution is 7.89. The zero-order valence-corrected chi connectivity index (χ0v) is 12.5. The van der Waals surface area contributed by atoms with Crippen LogP contribution in [0.1, 0.15) is 25.3 Å². The molecular weight excluding hydrogens is 272 g/mol. The van der Waals surface area contributed by atoms with Gasteiger partial charge in [-0.05, 0) is 43.0 Å². The Balaban J connectivity index is 2.17. The van der Waals surface area contributed by atoms with Crippen molar-refractivity contribution in [3.63, 3.8) is 0 Å². The van der Waals surface area contributed by atoms with Crippen molar-refractivity contribution in [2.75, 3.05) is 19.6 Å².